The highest BCUT2D eigenvalue weighted by atomic mass is 16.5. The summed E-state index contributed by atoms with van der Waals surface area (Å²) >= 11 is 0. The highest BCUT2D eigenvalue weighted by Crippen LogP contribution is 2.16. The number of methoxy groups -OCH3 is 1. The molecule has 1 atom stereocenters. The molecule has 1 heterocycles. The quantitative estimate of drug-likeness (QED) is 0.570. The molecule has 5 nitrogen and oxygen atoms in total. The molecule has 1 unspecified atom stereocenters. The van der Waals surface area contributed by atoms with Crippen LogP contribution in [0.5, 0.6) is 5.75 Å². The Morgan fingerprint density at radius 1 is 1.23 bits per heavy atom. The molecule has 0 bridgehead atoms. The summed E-state index contributed by atoms with van der Waals surface area (Å²) < 4.78 is 14.0. The van der Waals surface area contributed by atoms with E-state index in [9.17, 15) is 0 Å². The van der Waals surface area contributed by atoms with Gasteiger partial charge in [-0.15, -0.1) is 0 Å². The average molecular weight is 412 g/mol. The molecule has 5 heteroatoms. The van der Waals surface area contributed by atoms with E-state index in [4.69, 9.17) is 14.5 Å². The number of hydrogen-bond acceptors (Lipinski definition) is 4. The lowest BCUT2D eigenvalue weighted by molar-refractivity contribution is 0.0775. The maximum Gasteiger partial charge on any atom is 0.119 e. The van der Waals surface area contributed by atoms with Gasteiger partial charge in [-0.1, -0.05) is 45.9 Å². The lowest BCUT2D eigenvalue weighted by Crippen LogP contribution is -2.37. The summed E-state index contributed by atoms with van der Waals surface area (Å²) in [5, 5.41) is 2.30. The molecule has 0 amide bonds. The van der Waals surface area contributed by atoms with Crippen LogP contribution in [0.3, 0.4) is 0 Å². The molecule has 1 aromatic carbocycles. The molecular formula is C25H37N3O2. The zero-order valence-corrected chi connectivity index (χ0v) is 19.2. The molecule has 1 aromatic heterocycles. The van der Waals surface area contributed by atoms with Crippen molar-refractivity contribution >= 4 is 12.2 Å². The van der Waals surface area contributed by atoms with Crippen LogP contribution in [0, 0.1) is 5.92 Å². The zero-order chi connectivity index (χ0) is 21.5. The fraction of sp³-hybridized carbons (Fsp3) is 0.560. The molecule has 0 radical (unpaired) electrons. The maximum absolute atomic E-state index is 6.21. The van der Waals surface area contributed by atoms with Crippen LogP contribution in [0.1, 0.15) is 45.5 Å². The number of aromatic nitrogens is 2. The molecule has 30 heavy (non-hydrogen) atoms. The van der Waals surface area contributed by atoms with Gasteiger partial charge in [-0.25, -0.2) is 4.98 Å². The second-order valence-electron chi connectivity index (χ2n) is 8.37. The van der Waals surface area contributed by atoms with Crippen molar-refractivity contribution in [3.63, 3.8) is 0 Å². The van der Waals surface area contributed by atoms with E-state index in [1.165, 1.54) is 10.9 Å². The van der Waals surface area contributed by atoms with Crippen molar-refractivity contribution in [1.29, 1.82) is 0 Å². The van der Waals surface area contributed by atoms with Crippen LogP contribution in [-0.4, -0.2) is 53.9 Å². The predicted molar refractivity (Wildman–Crippen MR) is 123 cm³/mol. The van der Waals surface area contributed by atoms with Crippen molar-refractivity contribution in [3.05, 3.63) is 46.4 Å². The predicted octanol–water partition coefficient (Wildman–Crippen LogP) is 2.83. The SMILES string of the molecule is CCN(CC)CCOC1C=c2c(nc(Cc3cccc(OC)c3)n2CC(C)C)=CC1. The molecule has 2 aromatic rings. The highest BCUT2D eigenvalue weighted by molar-refractivity contribution is 5.39. The fourth-order valence-corrected chi connectivity index (χ4v) is 3.99. The van der Waals surface area contributed by atoms with E-state index in [-0.39, 0.29) is 6.10 Å². The first-order valence-corrected chi connectivity index (χ1v) is 11.3. The van der Waals surface area contributed by atoms with E-state index in [0.717, 1.165) is 62.6 Å². The van der Waals surface area contributed by atoms with Gasteiger partial charge in [0.15, 0.2) is 0 Å². The van der Waals surface area contributed by atoms with Crippen LogP contribution in [0.2, 0.25) is 0 Å². The summed E-state index contributed by atoms with van der Waals surface area (Å²) in [5.74, 6) is 2.54. The standard InChI is InChI=1S/C25H37N3O2/c1-6-27(7-2)13-14-30-22-11-12-23-24(17-22)28(18-19(3)4)25(26-23)16-20-9-8-10-21(15-20)29-5/h8-10,12,15,17,19,22H,6-7,11,13-14,16,18H2,1-5H3. The molecule has 1 aliphatic rings. The Labute approximate surface area is 181 Å². The number of fused-ring (bicyclic) bond motifs is 1. The van der Waals surface area contributed by atoms with Crippen molar-refractivity contribution in [2.24, 2.45) is 5.92 Å². The maximum atomic E-state index is 6.21. The van der Waals surface area contributed by atoms with Gasteiger partial charge in [-0.3, -0.25) is 0 Å². The van der Waals surface area contributed by atoms with E-state index in [1.54, 1.807) is 7.11 Å². The zero-order valence-electron chi connectivity index (χ0n) is 19.2. The lowest BCUT2D eigenvalue weighted by Gasteiger charge is -2.20. The van der Waals surface area contributed by atoms with E-state index in [0.29, 0.717) is 5.92 Å². The Bertz CT molecular complexity index is 928. The molecule has 0 saturated heterocycles. The minimum absolute atomic E-state index is 0.125. The molecule has 0 aliphatic heterocycles. The first-order chi connectivity index (χ1) is 14.5. The number of benzene rings is 1. The topological polar surface area (TPSA) is 39.5 Å². The van der Waals surface area contributed by atoms with E-state index in [2.05, 4.69) is 61.4 Å². The first-order valence-electron chi connectivity index (χ1n) is 11.3. The minimum atomic E-state index is 0.125. The Balaban J connectivity index is 1.83. The summed E-state index contributed by atoms with van der Waals surface area (Å²) in [6, 6.07) is 8.26. The van der Waals surface area contributed by atoms with Gasteiger partial charge < -0.3 is 18.9 Å². The first kappa shape index (κ1) is 22.6. The largest absolute Gasteiger partial charge is 0.497 e. The third kappa shape index (κ3) is 5.73. The molecular weight excluding hydrogens is 374 g/mol. The van der Waals surface area contributed by atoms with Crippen LogP contribution in [0.25, 0.3) is 12.2 Å². The van der Waals surface area contributed by atoms with Gasteiger partial charge in [0.2, 0.25) is 0 Å². The third-order valence-corrected chi connectivity index (χ3v) is 5.68. The van der Waals surface area contributed by atoms with Crippen LogP contribution >= 0.6 is 0 Å². The summed E-state index contributed by atoms with van der Waals surface area (Å²) in [7, 11) is 1.71. The molecule has 1 aliphatic carbocycles. The van der Waals surface area contributed by atoms with Crippen molar-refractivity contribution in [2.45, 2.75) is 53.2 Å². The van der Waals surface area contributed by atoms with Gasteiger partial charge in [-0.2, -0.15) is 0 Å². The molecule has 164 valence electrons. The molecule has 0 N–H and O–H groups in total. The Kier molecular flexibility index (Phi) is 8.11. The Morgan fingerprint density at radius 3 is 2.73 bits per heavy atom. The van der Waals surface area contributed by atoms with E-state index < -0.39 is 0 Å². The van der Waals surface area contributed by atoms with Crippen LogP contribution in [-0.2, 0) is 17.7 Å². The third-order valence-electron chi connectivity index (χ3n) is 5.68. The van der Waals surface area contributed by atoms with Crippen LogP contribution in [0.15, 0.2) is 24.3 Å². The number of ether oxygens (including phenoxy) is 2. The number of likely N-dealkylation sites (N-methyl/N-ethyl adjacent to an activating group) is 1. The molecule has 0 fully saturated rings. The smallest absolute Gasteiger partial charge is 0.119 e. The number of imidazole rings is 1. The second kappa shape index (κ2) is 10.8. The highest BCUT2D eigenvalue weighted by Gasteiger charge is 2.16. The monoisotopic (exact) mass is 411 g/mol. The second-order valence-corrected chi connectivity index (χ2v) is 8.37. The fourth-order valence-electron chi connectivity index (χ4n) is 3.99. The average Bonchev–Trinajstić information content (AvgIpc) is 3.07. The lowest BCUT2D eigenvalue weighted by atomic mass is 10.1. The molecule has 3 rings (SSSR count). The van der Waals surface area contributed by atoms with Crippen molar-refractivity contribution in [3.8, 4) is 5.75 Å². The van der Waals surface area contributed by atoms with Crippen LogP contribution < -0.4 is 15.4 Å². The minimum Gasteiger partial charge on any atom is -0.497 e. The van der Waals surface area contributed by atoms with E-state index >= 15 is 0 Å². The van der Waals surface area contributed by atoms with Crippen LogP contribution in [0.4, 0.5) is 0 Å². The van der Waals surface area contributed by atoms with Gasteiger partial charge in [0.25, 0.3) is 0 Å². The summed E-state index contributed by atoms with van der Waals surface area (Å²) in [6.45, 7) is 13.8. The van der Waals surface area contributed by atoms with E-state index in [1.807, 2.05) is 12.1 Å². The van der Waals surface area contributed by atoms with Gasteiger partial charge in [-0.05, 0) is 49.2 Å². The normalized spacial score (nSPS) is 15.8. The molecule has 0 saturated carbocycles. The number of hydrogen-bond donors (Lipinski definition) is 0. The summed E-state index contributed by atoms with van der Waals surface area (Å²) in [4.78, 5) is 7.39. The van der Waals surface area contributed by atoms with Crippen molar-refractivity contribution < 1.29 is 9.47 Å². The summed E-state index contributed by atoms with van der Waals surface area (Å²) in [6.07, 6.45) is 6.33. The van der Waals surface area contributed by atoms with Gasteiger partial charge in [0.1, 0.15) is 11.6 Å². The Hall–Kier alpha value is -2.11. The van der Waals surface area contributed by atoms with Crippen molar-refractivity contribution in [1.82, 2.24) is 14.5 Å². The number of rotatable bonds is 11. The van der Waals surface area contributed by atoms with Gasteiger partial charge >= 0.3 is 0 Å². The number of nitrogens with zero attached hydrogens (tertiary/aromatic N) is 3. The van der Waals surface area contributed by atoms with Crippen molar-refractivity contribution in [2.75, 3.05) is 33.4 Å². The summed E-state index contributed by atoms with van der Waals surface area (Å²) in [5.41, 5.74) is 1.22. The van der Waals surface area contributed by atoms with Gasteiger partial charge in [0, 0.05) is 19.5 Å². The Morgan fingerprint density at radius 2 is 2.03 bits per heavy atom. The molecule has 0 spiro atoms. The van der Waals surface area contributed by atoms with Gasteiger partial charge in [0.05, 0.1) is 30.5 Å².